The minimum Gasteiger partial charge on any atom is -0.449 e. The van der Waals surface area contributed by atoms with E-state index in [0.717, 1.165) is 0 Å². The van der Waals surface area contributed by atoms with Gasteiger partial charge in [0.1, 0.15) is 11.5 Å². The van der Waals surface area contributed by atoms with Gasteiger partial charge in [0.2, 0.25) is 0 Å². The largest absolute Gasteiger partial charge is 0.568 e. The average Bonchev–Trinajstić information content (AvgIpc) is 2.68. The maximum absolute atomic E-state index is 13.6. The van der Waals surface area contributed by atoms with Crippen molar-refractivity contribution < 1.29 is 32.7 Å². The smallest absolute Gasteiger partial charge is 0.449 e. The maximum atomic E-state index is 13.6. The van der Waals surface area contributed by atoms with Crippen LogP contribution in [-0.2, 0) is 14.0 Å². The monoisotopic (exact) mass is 408 g/mol. The molecule has 0 saturated heterocycles. The summed E-state index contributed by atoms with van der Waals surface area (Å²) in [5.74, 6) is 0.309. The Bertz CT molecular complexity index is 772. The van der Waals surface area contributed by atoms with Crippen LogP contribution in [0, 0.1) is 0 Å². The van der Waals surface area contributed by atoms with Crippen LogP contribution in [0.5, 0.6) is 11.5 Å². The van der Waals surface area contributed by atoms with Crippen molar-refractivity contribution in [3.63, 3.8) is 0 Å². The first-order valence-electron chi connectivity index (χ1n) is 8.48. The minimum atomic E-state index is -4.49. The molecule has 150 valence electrons. The molecule has 0 aromatic heterocycles. The van der Waals surface area contributed by atoms with E-state index in [9.17, 15) is 14.2 Å². The second-order valence-corrected chi connectivity index (χ2v) is 6.82. The Morgan fingerprint density at radius 2 is 1.32 bits per heavy atom. The average molecular weight is 408 g/mol. The van der Waals surface area contributed by atoms with Crippen LogP contribution in [0.2, 0.25) is 0 Å². The molecule has 0 aliphatic rings. The van der Waals surface area contributed by atoms with Gasteiger partial charge in [0.15, 0.2) is 0 Å². The number of hydrogen-bond acceptors (Lipinski definition) is 7. The number of hydrazine groups is 1. The molecule has 0 aliphatic heterocycles. The number of amides is 2. The van der Waals surface area contributed by atoms with E-state index in [1.165, 1.54) is 24.3 Å². The van der Waals surface area contributed by atoms with Crippen LogP contribution in [-0.4, -0.2) is 30.2 Å². The molecule has 0 radical (unpaired) electrons. The van der Waals surface area contributed by atoms with Gasteiger partial charge in [0.05, 0.1) is 13.2 Å². The van der Waals surface area contributed by atoms with Crippen molar-refractivity contribution in [2.75, 3.05) is 13.2 Å². The summed E-state index contributed by atoms with van der Waals surface area (Å²) in [6.45, 7) is 3.14. The second-order valence-electron chi connectivity index (χ2n) is 5.12. The van der Waals surface area contributed by atoms with E-state index in [0.29, 0.717) is 4.78 Å². The molecule has 0 heterocycles. The molecule has 0 spiro atoms. The predicted molar refractivity (Wildman–Crippen MR) is 101 cm³/mol. The van der Waals surface area contributed by atoms with Crippen molar-refractivity contribution in [2.45, 2.75) is 13.8 Å². The van der Waals surface area contributed by atoms with Crippen LogP contribution in [0.1, 0.15) is 13.8 Å². The second kappa shape index (κ2) is 10.2. The SMILES string of the molecule is CCOC(=O)NN(C(=O)OCC)P(=O)(Oc1ccccc1)Oc1ccccc1. The fourth-order valence-corrected chi connectivity index (χ4v) is 3.41. The van der Waals surface area contributed by atoms with Crippen molar-refractivity contribution in [3.8, 4) is 11.5 Å². The minimum absolute atomic E-state index is 0.0312. The van der Waals surface area contributed by atoms with Gasteiger partial charge in [-0.3, -0.25) is 0 Å². The summed E-state index contributed by atoms with van der Waals surface area (Å²) < 4.78 is 34.6. The van der Waals surface area contributed by atoms with E-state index in [1.54, 1.807) is 50.2 Å². The molecule has 2 aromatic carbocycles. The molecule has 0 aliphatic carbocycles. The molecular weight excluding hydrogens is 387 g/mol. The maximum Gasteiger partial charge on any atom is 0.568 e. The summed E-state index contributed by atoms with van der Waals surface area (Å²) in [5, 5.41) is 0. The van der Waals surface area contributed by atoms with Crippen molar-refractivity contribution >= 4 is 19.9 Å². The lowest BCUT2D eigenvalue weighted by molar-refractivity contribution is 0.0941. The number of benzene rings is 2. The third kappa shape index (κ3) is 5.92. The molecule has 2 rings (SSSR count). The van der Waals surface area contributed by atoms with Gasteiger partial charge < -0.3 is 18.5 Å². The van der Waals surface area contributed by atoms with E-state index >= 15 is 0 Å². The van der Waals surface area contributed by atoms with Crippen LogP contribution in [0.15, 0.2) is 60.7 Å². The Labute approximate surface area is 162 Å². The first-order chi connectivity index (χ1) is 13.5. The highest BCUT2D eigenvalue weighted by Gasteiger charge is 2.44. The number of nitrogens with zero attached hydrogens (tertiary/aromatic N) is 1. The van der Waals surface area contributed by atoms with Gasteiger partial charge in [-0.15, -0.1) is 0 Å². The van der Waals surface area contributed by atoms with Gasteiger partial charge in [0.25, 0.3) is 0 Å². The van der Waals surface area contributed by atoms with Crippen LogP contribution in [0.3, 0.4) is 0 Å². The molecule has 28 heavy (non-hydrogen) atoms. The van der Waals surface area contributed by atoms with Crippen LogP contribution in [0.4, 0.5) is 9.59 Å². The van der Waals surface area contributed by atoms with E-state index < -0.39 is 19.9 Å². The van der Waals surface area contributed by atoms with Crippen LogP contribution < -0.4 is 14.5 Å². The number of ether oxygens (including phenoxy) is 2. The molecular formula is C18H21N2O7P. The number of rotatable bonds is 7. The van der Waals surface area contributed by atoms with E-state index in [2.05, 4.69) is 5.43 Å². The molecule has 2 aromatic rings. The zero-order valence-corrected chi connectivity index (χ0v) is 16.3. The summed E-state index contributed by atoms with van der Waals surface area (Å²) >= 11 is 0. The van der Waals surface area contributed by atoms with Gasteiger partial charge in [0, 0.05) is 0 Å². The number of nitrogens with one attached hydrogen (secondary N) is 1. The van der Waals surface area contributed by atoms with Gasteiger partial charge >= 0.3 is 19.9 Å². The fourth-order valence-electron chi connectivity index (χ4n) is 1.97. The number of hydrogen-bond donors (Lipinski definition) is 1. The molecule has 2 amide bonds. The standard InChI is InChI=1S/C18H21N2O7P/c1-3-24-17(21)19-20(18(22)25-4-2)28(23,26-15-11-7-5-8-12-15)27-16-13-9-6-10-14-16/h5-14H,3-4H2,1-2H3,(H,19,21). The Kier molecular flexibility index (Phi) is 7.71. The molecule has 10 heteroatoms. The van der Waals surface area contributed by atoms with Crippen molar-refractivity contribution in [1.29, 1.82) is 0 Å². The molecule has 1 N–H and O–H groups in total. The molecule has 0 saturated carbocycles. The zero-order valence-electron chi connectivity index (χ0n) is 15.4. The molecule has 0 bridgehead atoms. The van der Waals surface area contributed by atoms with E-state index in [-0.39, 0.29) is 24.7 Å². The number of carbonyl (C=O) groups is 2. The molecule has 0 atom stereocenters. The zero-order chi connectivity index (χ0) is 20.4. The van der Waals surface area contributed by atoms with Crippen LogP contribution in [0.25, 0.3) is 0 Å². The molecule has 0 fully saturated rings. The summed E-state index contributed by atoms with van der Waals surface area (Å²) in [4.78, 5) is 24.3. The predicted octanol–water partition coefficient (Wildman–Crippen LogP) is 4.37. The Morgan fingerprint density at radius 1 is 0.857 bits per heavy atom. The van der Waals surface area contributed by atoms with Gasteiger partial charge in [-0.05, 0) is 38.1 Å². The van der Waals surface area contributed by atoms with Crippen LogP contribution >= 0.6 is 7.75 Å². The Morgan fingerprint density at radius 3 is 1.75 bits per heavy atom. The van der Waals surface area contributed by atoms with Gasteiger partial charge in [-0.2, -0.15) is 0 Å². The summed E-state index contributed by atoms with van der Waals surface area (Å²) in [6.07, 6.45) is -2.16. The molecule has 0 unspecified atom stereocenters. The normalized spacial score (nSPS) is 10.5. The quantitative estimate of drug-likeness (QED) is 0.536. The van der Waals surface area contributed by atoms with Crippen molar-refractivity contribution in [1.82, 2.24) is 10.2 Å². The fraction of sp³-hybridized carbons (Fsp3) is 0.222. The summed E-state index contributed by atoms with van der Waals surface area (Å²) in [7, 11) is -4.49. The van der Waals surface area contributed by atoms with Gasteiger partial charge in [-0.25, -0.2) is 19.6 Å². The highest BCUT2D eigenvalue weighted by Crippen LogP contribution is 2.51. The molecule has 9 nitrogen and oxygen atoms in total. The summed E-state index contributed by atoms with van der Waals surface area (Å²) in [5.41, 5.74) is 2.07. The van der Waals surface area contributed by atoms with Crippen molar-refractivity contribution in [2.24, 2.45) is 0 Å². The van der Waals surface area contributed by atoms with Crippen molar-refractivity contribution in [3.05, 3.63) is 60.7 Å². The first-order valence-corrected chi connectivity index (χ1v) is 9.98. The lowest BCUT2D eigenvalue weighted by Crippen LogP contribution is -2.46. The third-order valence-electron chi connectivity index (χ3n) is 3.09. The highest BCUT2D eigenvalue weighted by atomic mass is 31.2. The van der Waals surface area contributed by atoms with E-state index in [4.69, 9.17) is 18.5 Å². The number of carbonyl (C=O) groups excluding carboxylic acids is 2. The topological polar surface area (TPSA) is 103 Å². The lowest BCUT2D eigenvalue weighted by atomic mass is 10.3. The third-order valence-corrected chi connectivity index (χ3v) is 4.72. The highest BCUT2D eigenvalue weighted by molar-refractivity contribution is 7.52. The first kappa shape index (κ1) is 21.1. The van der Waals surface area contributed by atoms with E-state index in [1.807, 2.05) is 0 Å². The number of para-hydroxylation sites is 2. The Hall–Kier alpha value is -3.19. The summed E-state index contributed by atoms with van der Waals surface area (Å²) in [6, 6.07) is 16.1. The Balaban J connectivity index is 2.42. The van der Waals surface area contributed by atoms with Gasteiger partial charge in [-0.1, -0.05) is 41.2 Å². The lowest BCUT2D eigenvalue weighted by Gasteiger charge is -2.28.